The Kier molecular flexibility index (Phi) is 19.4. The summed E-state index contributed by atoms with van der Waals surface area (Å²) in [7, 11) is 0. The summed E-state index contributed by atoms with van der Waals surface area (Å²) in [4.78, 5) is 11.9. The van der Waals surface area contributed by atoms with Crippen LogP contribution in [-0.4, -0.2) is 12.6 Å². The highest BCUT2D eigenvalue weighted by Crippen LogP contribution is 2.19. The Morgan fingerprint density at radius 2 is 1.08 bits per heavy atom. The summed E-state index contributed by atoms with van der Waals surface area (Å²) in [5.41, 5.74) is 0. The van der Waals surface area contributed by atoms with Gasteiger partial charge in [-0.1, -0.05) is 104 Å². The van der Waals surface area contributed by atoms with Gasteiger partial charge in [-0.15, -0.1) is 0 Å². The smallest absolute Gasteiger partial charge is 0.305 e. The lowest BCUT2D eigenvalue weighted by Crippen LogP contribution is -2.14. The molecule has 25 heavy (non-hydrogen) atoms. The first kappa shape index (κ1) is 24.5. The molecule has 0 aliphatic rings. The van der Waals surface area contributed by atoms with E-state index in [1.54, 1.807) is 0 Å². The van der Waals surface area contributed by atoms with Crippen molar-refractivity contribution in [2.45, 2.75) is 130 Å². The SMILES string of the molecule is CCCCCCCCC(CCCCCC)COC(=O)CCCCCC. The molecule has 0 aromatic rings. The van der Waals surface area contributed by atoms with Gasteiger partial charge in [0.2, 0.25) is 0 Å². The van der Waals surface area contributed by atoms with Crippen LogP contribution in [0.2, 0.25) is 0 Å². The summed E-state index contributed by atoms with van der Waals surface area (Å²) in [5, 5.41) is 0. The summed E-state index contributed by atoms with van der Waals surface area (Å²) in [6.07, 6.45) is 21.0. The fourth-order valence-electron chi connectivity index (χ4n) is 3.36. The molecule has 0 heterocycles. The Balaban J connectivity index is 3.92. The van der Waals surface area contributed by atoms with Crippen molar-refractivity contribution < 1.29 is 9.53 Å². The van der Waals surface area contributed by atoms with Gasteiger partial charge >= 0.3 is 5.97 Å². The van der Waals surface area contributed by atoms with Crippen molar-refractivity contribution >= 4 is 5.97 Å². The maximum absolute atomic E-state index is 11.9. The average Bonchev–Trinajstić information content (AvgIpc) is 2.62. The maximum Gasteiger partial charge on any atom is 0.305 e. The Morgan fingerprint density at radius 3 is 1.64 bits per heavy atom. The van der Waals surface area contributed by atoms with Gasteiger partial charge in [-0.05, 0) is 25.2 Å². The second-order valence-electron chi connectivity index (χ2n) is 7.77. The van der Waals surface area contributed by atoms with E-state index in [1.165, 1.54) is 89.9 Å². The fraction of sp³-hybridized carbons (Fsp3) is 0.957. The van der Waals surface area contributed by atoms with Crippen LogP contribution in [0.15, 0.2) is 0 Å². The van der Waals surface area contributed by atoms with Crippen molar-refractivity contribution in [1.29, 1.82) is 0 Å². The van der Waals surface area contributed by atoms with Gasteiger partial charge < -0.3 is 4.74 Å². The molecule has 0 aromatic carbocycles. The molecule has 2 heteroatoms. The molecule has 0 spiro atoms. The number of carbonyl (C=O) groups excluding carboxylic acids is 1. The lowest BCUT2D eigenvalue weighted by molar-refractivity contribution is -0.145. The predicted octanol–water partition coefficient (Wildman–Crippen LogP) is 7.84. The Bertz CT molecular complexity index is 275. The van der Waals surface area contributed by atoms with Gasteiger partial charge in [0.1, 0.15) is 0 Å². The minimum atomic E-state index is 0.0256. The minimum absolute atomic E-state index is 0.0256. The highest BCUT2D eigenvalue weighted by molar-refractivity contribution is 5.69. The van der Waals surface area contributed by atoms with Crippen LogP contribution in [0.1, 0.15) is 130 Å². The number of ether oxygens (including phenoxy) is 1. The molecular formula is C23H46O2. The van der Waals surface area contributed by atoms with E-state index in [-0.39, 0.29) is 5.97 Å². The minimum Gasteiger partial charge on any atom is -0.465 e. The van der Waals surface area contributed by atoms with Crippen LogP contribution < -0.4 is 0 Å². The van der Waals surface area contributed by atoms with Crippen molar-refractivity contribution in [3.8, 4) is 0 Å². The third-order valence-electron chi connectivity index (χ3n) is 5.15. The summed E-state index contributed by atoms with van der Waals surface area (Å²) < 4.78 is 5.60. The third-order valence-corrected chi connectivity index (χ3v) is 5.15. The van der Waals surface area contributed by atoms with E-state index in [0.29, 0.717) is 18.9 Å². The molecule has 0 rings (SSSR count). The monoisotopic (exact) mass is 354 g/mol. The number of rotatable bonds is 19. The molecule has 1 unspecified atom stereocenters. The number of esters is 1. The molecule has 0 radical (unpaired) electrons. The number of unbranched alkanes of at least 4 members (excludes halogenated alkanes) is 11. The highest BCUT2D eigenvalue weighted by atomic mass is 16.5. The maximum atomic E-state index is 11.9. The first-order valence-corrected chi connectivity index (χ1v) is 11.4. The molecule has 150 valence electrons. The Hall–Kier alpha value is -0.530. The molecule has 0 aliphatic heterocycles. The Labute approximate surface area is 158 Å². The molecule has 0 bridgehead atoms. The number of carbonyl (C=O) groups is 1. The predicted molar refractivity (Wildman–Crippen MR) is 110 cm³/mol. The van der Waals surface area contributed by atoms with Gasteiger partial charge in [0.15, 0.2) is 0 Å². The second-order valence-corrected chi connectivity index (χ2v) is 7.77. The topological polar surface area (TPSA) is 26.3 Å². The van der Waals surface area contributed by atoms with E-state index in [2.05, 4.69) is 20.8 Å². The summed E-state index contributed by atoms with van der Waals surface area (Å²) in [6.45, 7) is 7.38. The van der Waals surface area contributed by atoms with Crippen LogP contribution in [0.4, 0.5) is 0 Å². The van der Waals surface area contributed by atoms with Gasteiger partial charge in [0.05, 0.1) is 6.61 Å². The molecule has 0 saturated heterocycles. The van der Waals surface area contributed by atoms with E-state index in [0.717, 1.165) is 12.8 Å². The van der Waals surface area contributed by atoms with Gasteiger partial charge in [0.25, 0.3) is 0 Å². The van der Waals surface area contributed by atoms with Crippen LogP contribution in [0.25, 0.3) is 0 Å². The van der Waals surface area contributed by atoms with Crippen molar-refractivity contribution in [2.24, 2.45) is 5.92 Å². The highest BCUT2D eigenvalue weighted by Gasteiger charge is 2.12. The fourth-order valence-corrected chi connectivity index (χ4v) is 3.36. The summed E-state index contributed by atoms with van der Waals surface area (Å²) in [6, 6.07) is 0. The summed E-state index contributed by atoms with van der Waals surface area (Å²) >= 11 is 0. The van der Waals surface area contributed by atoms with Crippen LogP contribution in [-0.2, 0) is 9.53 Å². The van der Waals surface area contributed by atoms with Crippen LogP contribution in [0.5, 0.6) is 0 Å². The average molecular weight is 355 g/mol. The van der Waals surface area contributed by atoms with E-state index in [1.807, 2.05) is 0 Å². The van der Waals surface area contributed by atoms with Crippen LogP contribution >= 0.6 is 0 Å². The first-order chi connectivity index (χ1) is 12.2. The zero-order valence-electron chi connectivity index (χ0n) is 17.6. The van der Waals surface area contributed by atoms with Crippen molar-refractivity contribution in [2.75, 3.05) is 6.61 Å². The molecule has 0 amide bonds. The quantitative estimate of drug-likeness (QED) is 0.174. The molecule has 0 aromatic heterocycles. The first-order valence-electron chi connectivity index (χ1n) is 11.4. The van der Waals surface area contributed by atoms with E-state index in [9.17, 15) is 4.79 Å². The van der Waals surface area contributed by atoms with E-state index < -0.39 is 0 Å². The van der Waals surface area contributed by atoms with Crippen LogP contribution in [0.3, 0.4) is 0 Å². The summed E-state index contributed by atoms with van der Waals surface area (Å²) in [5.74, 6) is 0.611. The molecule has 0 N–H and O–H groups in total. The zero-order chi connectivity index (χ0) is 18.6. The normalized spacial score (nSPS) is 12.3. The molecule has 0 fully saturated rings. The largest absolute Gasteiger partial charge is 0.465 e. The van der Waals surface area contributed by atoms with Gasteiger partial charge in [-0.3, -0.25) is 4.79 Å². The molecule has 1 atom stereocenters. The van der Waals surface area contributed by atoms with Gasteiger partial charge in [-0.2, -0.15) is 0 Å². The lowest BCUT2D eigenvalue weighted by Gasteiger charge is -2.17. The molecule has 0 aliphatic carbocycles. The standard InChI is InChI=1S/C23H46O2/c1-4-7-10-13-14-16-19-22(18-15-11-8-5-2)21-25-23(24)20-17-12-9-6-3/h22H,4-21H2,1-3H3. The zero-order valence-corrected chi connectivity index (χ0v) is 17.6. The molecular weight excluding hydrogens is 308 g/mol. The third kappa shape index (κ3) is 18.1. The van der Waals surface area contributed by atoms with Gasteiger partial charge in [-0.25, -0.2) is 0 Å². The van der Waals surface area contributed by atoms with Crippen molar-refractivity contribution in [1.82, 2.24) is 0 Å². The van der Waals surface area contributed by atoms with Crippen molar-refractivity contribution in [3.05, 3.63) is 0 Å². The molecule has 0 saturated carbocycles. The van der Waals surface area contributed by atoms with Crippen molar-refractivity contribution in [3.63, 3.8) is 0 Å². The molecule has 2 nitrogen and oxygen atoms in total. The van der Waals surface area contributed by atoms with Crippen LogP contribution in [0, 0.1) is 5.92 Å². The number of hydrogen-bond donors (Lipinski definition) is 0. The number of hydrogen-bond acceptors (Lipinski definition) is 2. The Morgan fingerprint density at radius 1 is 0.640 bits per heavy atom. The van der Waals surface area contributed by atoms with E-state index in [4.69, 9.17) is 4.74 Å². The van der Waals surface area contributed by atoms with E-state index >= 15 is 0 Å². The van der Waals surface area contributed by atoms with Gasteiger partial charge in [0, 0.05) is 6.42 Å². The second kappa shape index (κ2) is 19.8. The lowest BCUT2D eigenvalue weighted by atomic mass is 9.95.